The molecule has 0 aliphatic heterocycles. The summed E-state index contributed by atoms with van der Waals surface area (Å²) in [5, 5.41) is 6.19. The fraction of sp³-hybridized carbons (Fsp3) is 0.158. The number of hydrogen-bond acceptors (Lipinski definition) is 3. The van der Waals surface area contributed by atoms with E-state index in [1.165, 1.54) is 0 Å². The highest BCUT2D eigenvalue weighted by Gasteiger charge is 2.03. The SMILES string of the molecule is Cc1cn(-c2ccc(NCCNC(=O)c3ccccc3)cc2)cn1. The molecule has 0 saturated heterocycles. The van der Waals surface area contributed by atoms with E-state index in [1.54, 1.807) is 18.5 Å². The van der Waals surface area contributed by atoms with Crippen molar-refractivity contribution in [3.63, 3.8) is 0 Å². The van der Waals surface area contributed by atoms with E-state index in [-0.39, 0.29) is 5.91 Å². The van der Waals surface area contributed by atoms with Crippen molar-refractivity contribution in [1.82, 2.24) is 14.9 Å². The summed E-state index contributed by atoms with van der Waals surface area (Å²) in [7, 11) is 0. The minimum atomic E-state index is -0.0526. The predicted molar refractivity (Wildman–Crippen MR) is 95.6 cm³/mol. The molecule has 0 unspecified atom stereocenters. The van der Waals surface area contributed by atoms with Gasteiger partial charge in [-0.15, -0.1) is 0 Å². The molecule has 0 atom stereocenters. The highest BCUT2D eigenvalue weighted by Crippen LogP contribution is 2.13. The van der Waals surface area contributed by atoms with Crippen molar-refractivity contribution in [3.05, 3.63) is 78.4 Å². The van der Waals surface area contributed by atoms with E-state index in [9.17, 15) is 4.79 Å². The topological polar surface area (TPSA) is 59.0 Å². The van der Waals surface area contributed by atoms with Crippen LogP contribution in [-0.2, 0) is 0 Å². The third kappa shape index (κ3) is 4.01. The summed E-state index contributed by atoms with van der Waals surface area (Å²) in [6.07, 6.45) is 3.79. The highest BCUT2D eigenvalue weighted by atomic mass is 16.1. The van der Waals surface area contributed by atoms with Gasteiger partial charge in [0.05, 0.1) is 12.0 Å². The molecule has 122 valence electrons. The Balaban J connectivity index is 1.46. The van der Waals surface area contributed by atoms with Crippen molar-refractivity contribution in [2.24, 2.45) is 0 Å². The first-order chi connectivity index (χ1) is 11.7. The zero-order valence-electron chi connectivity index (χ0n) is 13.6. The quantitative estimate of drug-likeness (QED) is 0.686. The first kappa shape index (κ1) is 15.8. The number of hydrogen-bond donors (Lipinski definition) is 2. The van der Waals surface area contributed by atoms with Gasteiger partial charge in [0, 0.05) is 36.2 Å². The van der Waals surface area contributed by atoms with Gasteiger partial charge >= 0.3 is 0 Å². The van der Waals surface area contributed by atoms with Crippen LogP contribution in [0.4, 0.5) is 5.69 Å². The molecule has 0 radical (unpaired) electrons. The minimum absolute atomic E-state index is 0.0526. The number of aryl methyl sites for hydroxylation is 1. The number of rotatable bonds is 6. The normalized spacial score (nSPS) is 10.4. The third-order valence-corrected chi connectivity index (χ3v) is 3.65. The van der Waals surface area contributed by atoms with E-state index < -0.39 is 0 Å². The van der Waals surface area contributed by atoms with Crippen LogP contribution >= 0.6 is 0 Å². The van der Waals surface area contributed by atoms with E-state index in [0.717, 1.165) is 17.1 Å². The molecule has 0 spiro atoms. The van der Waals surface area contributed by atoms with Crippen LogP contribution in [0.3, 0.4) is 0 Å². The number of aromatic nitrogens is 2. The molecule has 5 nitrogen and oxygen atoms in total. The van der Waals surface area contributed by atoms with Crippen LogP contribution in [0.25, 0.3) is 5.69 Å². The van der Waals surface area contributed by atoms with Crippen LogP contribution in [-0.4, -0.2) is 28.5 Å². The zero-order valence-corrected chi connectivity index (χ0v) is 13.6. The van der Waals surface area contributed by atoms with E-state index in [0.29, 0.717) is 18.7 Å². The maximum Gasteiger partial charge on any atom is 0.251 e. The number of benzene rings is 2. The van der Waals surface area contributed by atoms with Gasteiger partial charge in [-0.1, -0.05) is 18.2 Å². The second kappa shape index (κ2) is 7.46. The van der Waals surface area contributed by atoms with Crippen LogP contribution in [0.5, 0.6) is 0 Å². The van der Waals surface area contributed by atoms with Gasteiger partial charge in [-0.05, 0) is 43.3 Å². The fourth-order valence-electron chi connectivity index (χ4n) is 2.39. The largest absolute Gasteiger partial charge is 0.383 e. The van der Waals surface area contributed by atoms with Gasteiger partial charge in [0.2, 0.25) is 0 Å². The van der Waals surface area contributed by atoms with Crippen LogP contribution in [0.1, 0.15) is 16.1 Å². The Labute approximate surface area is 141 Å². The number of anilines is 1. The molecule has 3 aromatic rings. The average Bonchev–Trinajstić information content (AvgIpc) is 3.06. The summed E-state index contributed by atoms with van der Waals surface area (Å²) in [6, 6.07) is 17.3. The Morgan fingerprint density at radius 3 is 2.46 bits per heavy atom. The van der Waals surface area contributed by atoms with Crippen LogP contribution < -0.4 is 10.6 Å². The average molecular weight is 320 g/mol. The molecule has 0 aliphatic carbocycles. The summed E-state index contributed by atoms with van der Waals surface area (Å²) in [6.45, 7) is 3.20. The minimum Gasteiger partial charge on any atom is -0.383 e. The Morgan fingerprint density at radius 1 is 1.04 bits per heavy atom. The molecule has 0 fully saturated rings. The van der Waals surface area contributed by atoms with Crippen LogP contribution in [0.15, 0.2) is 67.1 Å². The van der Waals surface area contributed by atoms with Crippen molar-refractivity contribution >= 4 is 11.6 Å². The van der Waals surface area contributed by atoms with Crippen LogP contribution in [0.2, 0.25) is 0 Å². The van der Waals surface area contributed by atoms with Crippen molar-refractivity contribution < 1.29 is 4.79 Å². The van der Waals surface area contributed by atoms with Gasteiger partial charge < -0.3 is 15.2 Å². The molecule has 0 aliphatic rings. The Bertz CT molecular complexity index is 794. The third-order valence-electron chi connectivity index (χ3n) is 3.65. The monoisotopic (exact) mass is 320 g/mol. The van der Waals surface area contributed by atoms with Gasteiger partial charge in [0.15, 0.2) is 0 Å². The van der Waals surface area contributed by atoms with Gasteiger partial charge in [-0.2, -0.15) is 0 Å². The molecule has 0 saturated carbocycles. The van der Waals surface area contributed by atoms with Crippen molar-refractivity contribution in [2.45, 2.75) is 6.92 Å². The van der Waals surface area contributed by atoms with Gasteiger partial charge in [0.1, 0.15) is 0 Å². The summed E-state index contributed by atoms with van der Waals surface area (Å²) < 4.78 is 1.99. The first-order valence-corrected chi connectivity index (χ1v) is 7.90. The molecule has 2 N–H and O–H groups in total. The zero-order chi connectivity index (χ0) is 16.8. The lowest BCUT2D eigenvalue weighted by atomic mass is 10.2. The number of amides is 1. The summed E-state index contributed by atoms with van der Waals surface area (Å²) in [5.74, 6) is -0.0526. The van der Waals surface area contributed by atoms with Gasteiger partial charge in [0.25, 0.3) is 5.91 Å². The van der Waals surface area contributed by atoms with E-state index >= 15 is 0 Å². The molecule has 24 heavy (non-hydrogen) atoms. The lowest BCUT2D eigenvalue weighted by molar-refractivity contribution is 0.0955. The number of carbonyl (C=O) groups is 1. The van der Waals surface area contributed by atoms with E-state index in [4.69, 9.17) is 0 Å². The number of carbonyl (C=O) groups excluding carboxylic acids is 1. The molecular weight excluding hydrogens is 300 g/mol. The predicted octanol–water partition coefficient (Wildman–Crippen LogP) is 3.02. The molecule has 1 heterocycles. The number of nitrogens with one attached hydrogen (secondary N) is 2. The molecule has 1 aromatic heterocycles. The summed E-state index contributed by atoms with van der Waals surface area (Å²) in [5.41, 5.74) is 3.76. The van der Waals surface area contributed by atoms with Crippen molar-refractivity contribution in [1.29, 1.82) is 0 Å². The molecule has 0 bridgehead atoms. The number of nitrogens with zero attached hydrogens (tertiary/aromatic N) is 2. The van der Waals surface area contributed by atoms with Gasteiger partial charge in [-0.3, -0.25) is 4.79 Å². The van der Waals surface area contributed by atoms with Crippen LogP contribution in [0, 0.1) is 6.92 Å². The number of imidazole rings is 1. The molecule has 3 rings (SSSR count). The summed E-state index contributed by atoms with van der Waals surface area (Å²) in [4.78, 5) is 16.1. The Kier molecular flexibility index (Phi) is 4.91. The summed E-state index contributed by atoms with van der Waals surface area (Å²) >= 11 is 0. The van der Waals surface area contributed by atoms with E-state index in [2.05, 4.69) is 15.6 Å². The van der Waals surface area contributed by atoms with Crippen molar-refractivity contribution in [3.8, 4) is 5.69 Å². The molecule has 1 amide bonds. The maximum atomic E-state index is 11.9. The molecular formula is C19H20N4O. The van der Waals surface area contributed by atoms with Gasteiger partial charge in [-0.25, -0.2) is 4.98 Å². The molecule has 5 heteroatoms. The Hall–Kier alpha value is -3.08. The second-order valence-electron chi connectivity index (χ2n) is 5.52. The smallest absolute Gasteiger partial charge is 0.251 e. The van der Waals surface area contributed by atoms with Crippen molar-refractivity contribution in [2.75, 3.05) is 18.4 Å². The standard InChI is InChI=1S/C19H20N4O/c1-15-13-23(14-22-15)18-9-7-17(8-10-18)20-11-12-21-19(24)16-5-3-2-4-6-16/h2-10,13-14,20H,11-12H2,1H3,(H,21,24). The van der Waals surface area contributed by atoms with E-state index in [1.807, 2.05) is 60.2 Å². The highest BCUT2D eigenvalue weighted by molar-refractivity contribution is 5.94. The first-order valence-electron chi connectivity index (χ1n) is 7.90. The maximum absolute atomic E-state index is 11.9. The molecule has 2 aromatic carbocycles. The fourth-order valence-corrected chi connectivity index (χ4v) is 2.39. The Morgan fingerprint density at radius 2 is 1.79 bits per heavy atom. The lowest BCUT2D eigenvalue weighted by Gasteiger charge is -2.09. The lowest BCUT2D eigenvalue weighted by Crippen LogP contribution is -2.28. The second-order valence-corrected chi connectivity index (χ2v) is 5.52.